The van der Waals surface area contributed by atoms with Gasteiger partial charge in [-0.15, -0.1) is 11.3 Å². The van der Waals surface area contributed by atoms with E-state index >= 15 is 0 Å². The van der Waals surface area contributed by atoms with E-state index in [2.05, 4.69) is 51.3 Å². The summed E-state index contributed by atoms with van der Waals surface area (Å²) in [5.74, 6) is 0. The SMILES string of the molecule is S=c1[nH]cc(Cc2ccccc2)n1Cc1cccs1. The molecule has 3 aromatic rings. The van der Waals surface area contributed by atoms with Gasteiger partial charge in [0.15, 0.2) is 4.77 Å². The number of rotatable bonds is 4. The third kappa shape index (κ3) is 2.85. The molecule has 0 atom stereocenters. The largest absolute Gasteiger partial charge is 0.337 e. The van der Waals surface area contributed by atoms with Gasteiger partial charge in [-0.2, -0.15) is 0 Å². The van der Waals surface area contributed by atoms with Crippen LogP contribution in [0.1, 0.15) is 16.1 Å². The van der Waals surface area contributed by atoms with E-state index in [4.69, 9.17) is 12.2 Å². The Balaban J connectivity index is 1.88. The highest BCUT2D eigenvalue weighted by Crippen LogP contribution is 2.15. The molecule has 0 saturated carbocycles. The predicted octanol–water partition coefficient (Wildman–Crippen LogP) is 4.25. The first-order valence-electron chi connectivity index (χ1n) is 6.16. The molecule has 19 heavy (non-hydrogen) atoms. The molecule has 96 valence electrons. The number of thiophene rings is 1. The quantitative estimate of drug-likeness (QED) is 0.711. The standard InChI is InChI=1S/C15H14N2S2/c18-15-16-10-13(9-12-5-2-1-3-6-12)17(15)11-14-7-4-8-19-14/h1-8,10H,9,11H2,(H,16,18). The van der Waals surface area contributed by atoms with Crippen molar-refractivity contribution in [3.63, 3.8) is 0 Å². The van der Waals surface area contributed by atoms with Crippen LogP contribution in [0.2, 0.25) is 0 Å². The number of imidazole rings is 1. The lowest BCUT2D eigenvalue weighted by atomic mass is 10.1. The molecule has 0 fully saturated rings. The third-order valence-electron chi connectivity index (χ3n) is 3.08. The number of benzene rings is 1. The maximum Gasteiger partial charge on any atom is 0.177 e. The topological polar surface area (TPSA) is 20.7 Å². The van der Waals surface area contributed by atoms with Crippen LogP contribution in [0, 0.1) is 4.77 Å². The summed E-state index contributed by atoms with van der Waals surface area (Å²) >= 11 is 7.14. The van der Waals surface area contributed by atoms with Crippen molar-refractivity contribution in [1.82, 2.24) is 9.55 Å². The summed E-state index contributed by atoms with van der Waals surface area (Å²) in [6.07, 6.45) is 2.92. The minimum Gasteiger partial charge on any atom is -0.337 e. The Bertz CT molecular complexity index is 693. The number of hydrogen-bond donors (Lipinski definition) is 1. The van der Waals surface area contributed by atoms with Gasteiger partial charge < -0.3 is 9.55 Å². The molecule has 0 aliphatic rings. The van der Waals surface area contributed by atoms with Gasteiger partial charge in [0.2, 0.25) is 0 Å². The van der Waals surface area contributed by atoms with Crippen LogP contribution >= 0.6 is 23.6 Å². The lowest BCUT2D eigenvalue weighted by Crippen LogP contribution is -2.04. The van der Waals surface area contributed by atoms with E-state index in [9.17, 15) is 0 Å². The Morgan fingerprint density at radius 2 is 1.95 bits per heavy atom. The van der Waals surface area contributed by atoms with Crippen LogP contribution in [0.15, 0.2) is 54.0 Å². The first-order valence-corrected chi connectivity index (χ1v) is 7.45. The fourth-order valence-electron chi connectivity index (χ4n) is 2.11. The van der Waals surface area contributed by atoms with Crippen molar-refractivity contribution in [2.24, 2.45) is 0 Å². The molecule has 0 amide bonds. The van der Waals surface area contributed by atoms with Gasteiger partial charge in [-0.05, 0) is 29.2 Å². The zero-order valence-electron chi connectivity index (χ0n) is 10.4. The summed E-state index contributed by atoms with van der Waals surface area (Å²) in [7, 11) is 0. The van der Waals surface area contributed by atoms with E-state index in [-0.39, 0.29) is 0 Å². The fraction of sp³-hybridized carbons (Fsp3) is 0.133. The van der Waals surface area contributed by atoms with Gasteiger partial charge in [-0.3, -0.25) is 0 Å². The smallest absolute Gasteiger partial charge is 0.177 e. The van der Waals surface area contributed by atoms with Gasteiger partial charge >= 0.3 is 0 Å². The van der Waals surface area contributed by atoms with E-state index in [1.165, 1.54) is 16.1 Å². The van der Waals surface area contributed by atoms with Crippen molar-refractivity contribution in [3.8, 4) is 0 Å². The average molecular weight is 286 g/mol. The molecule has 4 heteroatoms. The summed E-state index contributed by atoms with van der Waals surface area (Å²) in [4.78, 5) is 4.48. The number of H-pyrrole nitrogens is 1. The molecule has 0 aliphatic carbocycles. The predicted molar refractivity (Wildman–Crippen MR) is 82.3 cm³/mol. The van der Waals surface area contributed by atoms with E-state index in [0.717, 1.165) is 17.7 Å². The van der Waals surface area contributed by atoms with Gasteiger partial charge in [0.05, 0.1) is 6.54 Å². The van der Waals surface area contributed by atoms with Gasteiger partial charge in [0, 0.05) is 23.2 Å². The second kappa shape index (κ2) is 5.55. The highest BCUT2D eigenvalue weighted by molar-refractivity contribution is 7.71. The maximum absolute atomic E-state index is 5.37. The van der Waals surface area contributed by atoms with Crippen molar-refractivity contribution in [2.45, 2.75) is 13.0 Å². The Morgan fingerprint density at radius 1 is 1.11 bits per heavy atom. The molecule has 0 spiro atoms. The van der Waals surface area contributed by atoms with Crippen molar-refractivity contribution in [2.75, 3.05) is 0 Å². The second-order valence-corrected chi connectivity index (χ2v) is 5.83. The minimum absolute atomic E-state index is 0.791. The lowest BCUT2D eigenvalue weighted by molar-refractivity contribution is 0.752. The normalized spacial score (nSPS) is 10.7. The molecule has 0 bridgehead atoms. The molecule has 0 saturated heterocycles. The lowest BCUT2D eigenvalue weighted by Gasteiger charge is -2.07. The minimum atomic E-state index is 0.791. The van der Waals surface area contributed by atoms with Crippen LogP contribution in [0.25, 0.3) is 0 Å². The molecule has 1 N–H and O–H groups in total. The molecule has 2 aromatic heterocycles. The number of nitrogens with one attached hydrogen (secondary N) is 1. The Kier molecular flexibility index (Phi) is 3.62. The molecule has 0 aliphatic heterocycles. The first kappa shape index (κ1) is 12.4. The van der Waals surface area contributed by atoms with Crippen LogP contribution < -0.4 is 0 Å². The molecular formula is C15H14N2S2. The van der Waals surface area contributed by atoms with Gasteiger partial charge in [0.25, 0.3) is 0 Å². The molecule has 2 nitrogen and oxygen atoms in total. The van der Waals surface area contributed by atoms with Crippen LogP contribution in [0.4, 0.5) is 0 Å². The van der Waals surface area contributed by atoms with Crippen LogP contribution in [0.3, 0.4) is 0 Å². The Morgan fingerprint density at radius 3 is 2.68 bits per heavy atom. The van der Waals surface area contributed by atoms with Gasteiger partial charge in [0.1, 0.15) is 0 Å². The number of nitrogens with zero attached hydrogens (tertiary/aromatic N) is 1. The van der Waals surface area contributed by atoms with Crippen LogP contribution in [-0.4, -0.2) is 9.55 Å². The molecule has 2 heterocycles. The number of aromatic amines is 1. The summed E-state index contributed by atoms with van der Waals surface area (Å²) in [6.45, 7) is 0.849. The van der Waals surface area contributed by atoms with Crippen molar-refractivity contribution >= 4 is 23.6 Å². The zero-order valence-corrected chi connectivity index (χ0v) is 12.0. The number of aromatic nitrogens is 2. The summed E-state index contributed by atoms with van der Waals surface area (Å²) in [5, 5.41) is 2.10. The third-order valence-corrected chi connectivity index (χ3v) is 4.28. The van der Waals surface area contributed by atoms with Crippen molar-refractivity contribution in [1.29, 1.82) is 0 Å². The molecule has 0 radical (unpaired) electrons. The van der Waals surface area contributed by atoms with Crippen LogP contribution in [-0.2, 0) is 13.0 Å². The summed E-state index contributed by atoms with van der Waals surface area (Å²) < 4.78 is 2.97. The monoisotopic (exact) mass is 286 g/mol. The van der Waals surface area contributed by atoms with Gasteiger partial charge in [-0.25, -0.2) is 0 Å². The highest BCUT2D eigenvalue weighted by atomic mass is 32.1. The first-order chi connectivity index (χ1) is 9.33. The molecule has 0 unspecified atom stereocenters. The van der Waals surface area contributed by atoms with Crippen molar-refractivity contribution < 1.29 is 0 Å². The van der Waals surface area contributed by atoms with Gasteiger partial charge in [-0.1, -0.05) is 36.4 Å². The molecule has 3 rings (SSSR count). The number of hydrogen-bond acceptors (Lipinski definition) is 2. The zero-order chi connectivity index (χ0) is 13.1. The highest BCUT2D eigenvalue weighted by Gasteiger charge is 2.06. The summed E-state index contributed by atoms with van der Waals surface area (Å²) in [6, 6.07) is 14.7. The summed E-state index contributed by atoms with van der Waals surface area (Å²) in [5.41, 5.74) is 2.53. The maximum atomic E-state index is 5.37. The van der Waals surface area contributed by atoms with E-state index < -0.39 is 0 Å². The Hall–Kier alpha value is -1.65. The van der Waals surface area contributed by atoms with E-state index in [0.29, 0.717) is 0 Å². The van der Waals surface area contributed by atoms with E-state index in [1.54, 1.807) is 11.3 Å². The van der Waals surface area contributed by atoms with Crippen molar-refractivity contribution in [3.05, 3.63) is 74.9 Å². The fourth-order valence-corrected chi connectivity index (χ4v) is 3.05. The molecular weight excluding hydrogens is 272 g/mol. The average Bonchev–Trinajstić information content (AvgIpc) is 3.05. The Labute approximate surface area is 121 Å². The van der Waals surface area contributed by atoms with E-state index in [1.807, 2.05) is 12.3 Å². The molecule has 1 aromatic carbocycles. The second-order valence-electron chi connectivity index (χ2n) is 4.41. The van der Waals surface area contributed by atoms with Crippen LogP contribution in [0.5, 0.6) is 0 Å².